The zero-order valence-electron chi connectivity index (χ0n) is 21.8. The maximum atomic E-state index is 14.1. The van der Waals surface area contributed by atoms with Crippen molar-refractivity contribution in [2.45, 2.75) is 96.8 Å². The maximum Gasteiger partial charge on any atom is 0.245 e. The Morgan fingerprint density at radius 1 is 1.08 bits per heavy atom. The van der Waals surface area contributed by atoms with Gasteiger partial charge in [0.15, 0.2) is 0 Å². The molecule has 7 heteroatoms. The summed E-state index contributed by atoms with van der Waals surface area (Å²) in [5.41, 5.74) is 2.42. The Kier molecular flexibility index (Phi) is 9.97. The molecule has 5 atom stereocenters. The lowest BCUT2D eigenvalue weighted by Gasteiger charge is -2.36. The minimum absolute atomic E-state index is 0. The lowest BCUT2D eigenvalue weighted by Crippen LogP contribution is -2.57. The van der Waals surface area contributed by atoms with E-state index in [0.717, 1.165) is 50.7 Å². The SMILES string of the molecule is C.CC.CN[C@@H](C)C(=O)NC(C(=O)N1CCC2NC[C@H](c3c[nH]c4ccccc34)C21)C1CCCCC1. The highest BCUT2D eigenvalue weighted by atomic mass is 16.2. The molecule has 2 aliphatic heterocycles. The van der Waals surface area contributed by atoms with E-state index in [0.29, 0.717) is 6.04 Å². The van der Waals surface area contributed by atoms with Crippen molar-refractivity contribution < 1.29 is 9.59 Å². The van der Waals surface area contributed by atoms with E-state index in [1.807, 2.05) is 26.8 Å². The summed E-state index contributed by atoms with van der Waals surface area (Å²) in [6.45, 7) is 7.47. The number of nitrogens with zero attached hydrogens (tertiary/aromatic N) is 1. The van der Waals surface area contributed by atoms with Crippen molar-refractivity contribution >= 4 is 22.7 Å². The van der Waals surface area contributed by atoms with Crippen LogP contribution in [0, 0.1) is 5.92 Å². The molecule has 1 saturated carbocycles. The fraction of sp³-hybridized carbons (Fsp3) is 0.655. The number of fused-ring (bicyclic) bond motifs is 2. The minimum Gasteiger partial charge on any atom is -0.361 e. The second-order valence-corrected chi connectivity index (χ2v) is 10.1. The average molecular weight is 498 g/mol. The molecule has 200 valence electrons. The number of rotatable bonds is 6. The molecule has 1 aliphatic carbocycles. The fourth-order valence-electron chi connectivity index (χ4n) is 6.32. The fourth-order valence-corrected chi connectivity index (χ4v) is 6.32. The summed E-state index contributed by atoms with van der Waals surface area (Å²) in [5, 5.41) is 11.1. The van der Waals surface area contributed by atoms with Crippen molar-refractivity contribution in [1.82, 2.24) is 25.8 Å². The Balaban J connectivity index is 0.00000117. The molecule has 3 fully saturated rings. The molecule has 0 bridgehead atoms. The Hall–Kier alpha value is -2.38. The van der Waals surface area contributed by atoms with E-state index in [2.05, 4.69) is 50.2 Å². The maximum absolute atomic E-state index is 14.1. The number of likely N-dealkylation sites (tertiary alicyclic amines) is 1. The molecular formula is C29H47N5O2. The van der Waals surface area contributed by atoms with Crippen LogP contribution in [0.15, 0.2) is 30.5 Å². The molecule has 36 heavy (non-hydrogen) atoms. The summed E-state index contributed by atoms with van der Waals surface area (Å²) in [6, 6.07) is 8.09. The predicted molar refractivity (Wildman–Crippen MR) is 148 cm³/mol. The number of para-hydroxylation sites is 1. The van der Waals surface area contributed by atoms with Crippen molar-refractivity contribution in [2.24, 2.45) is 5.92 Å². The van der Waals surface area contributed by atoms with Gasteiger partial charge in [0.1, 0.15) is 6.04 Å². The van der Waals surface area contributed by atoms with E-state index in [-0.39, 0.29) is 43.2 Å². The molecule has 1 aromatic heterocycles. The summed E-state index contributed by atoms with van der Waals surface area (Å²) >= 11 is 0. The van der Waals surface area contributed by atoms with Crippen molar-refractivity contribution in [1.29, 1.82) is 0 Å². The quantitative estimate of drug-likeness (QED) is 0.483. The van der Waals surface area contributed by atoms with Gasteiger partial charge in [0.25, 0.3) is 0 Å². The van der Waals surface area contributed by atoms with Crippen LogP contribution in [0.4, 0.5) is 0 Å². The third-order valence-electron chi connectivity index (χ3n) is 8.28. The first-order valence-corrected chi connectivity index (χ1v) is 13.7. The number of hydrogen-bond donors (Lipinski definition) is 4. The van der Waals surface area contributed by atoms with Gasteiger partial charge in [-0.15, -0.1) is 0 Å². The van der Waals surface area contributed by atoms with Crippen LogP contribution in [0.2, 0.25) is 0 Å². The summed E-state index contributed by atoms with van der Waals surface area (Å²) in [7, 11) is 1.78. The van der Waals surface area contributed by atoms with Gasteiger partial charge >= 0.3 is 0 Å². The van der Waals surface area contributed by atoms with Gasteiger partial charge < -0.3 is 25.8 Å². The summed E-state index contributed by atoms with van der Waals surface area (Å²) in [5.74, 6) is 0.491. The van der Waals surface area contributed by atoms with Gasteiger partial charge in [-0.05, 0) is 50.8 Å². The number of nitrogens with one attached hydrogen (secondary N) is 4. The van der Waals surface area contributed by atoms with Crippen molar-refractivity contribution in [2.75, 3.05) is 20.1 Å². The van der Waals surface area contributed by atoms with E-state index in [9.17, 15) is 9.59 Å². The van der Waals surface area contributed by atoms with E-state index < -0.39 is 6.04 Å². The van der Waals surface area contributed by atoms with Crippen molar-refractivity contribution in [3.63, 3.8) is 0 Å². The van der Waals surface area contributed by atoms with Crippen LogP contribution < -0.4 is 16.0 Å². The Morgan fingerprint density at radius 2 is 1.81 bits per heavy atom. The molecule has 3 heterocycles. The zero-order chi connectivity index (χ0) is 24.9. The molecule has 5 rings (SSSR count). The highest BCUT2D eigenvalue weighted by Gasteiger charge is 2.49. The minimum atomic E-state index is -0.434. The highest BCUT2D eigenvalue weighted by molar-refractivity contribution is 5.90. The molecule has 2 saturated heterocycles. The van der Waals surface area contributed by atoms with Crippen molar-refractivity contribution in [3.05, 3.63) is 36.0 Å². The normalized spacial score (nSPS) is 25.3. The number of H-pyrrole nitrogens is 1. The largest absolute Gasteiger partial charge is 0.361 e. The summed E-state index contributed by atoms with van der Waals surface area (Å²) in [4.78, 5) is 32.4. The Labute approximate surface area is 217 Å². The number of aromatic nitrogens is 1. The molecular weight excluding hydrogens is 450 g/mol. The molecule has 1 aromatic carbocycles. The van der Waals surface area contributed by atoms with Crippen molar-refractivity contribution in [3.8, 4) is 0 Å². The van der Waals surface area contributed by atoms with Crippen LogP contribution in [-0.2, 0) is 9.59 Å². The number of carbonyl (C=O) groups is 2. The smallest absolute Gasteiger partial charge is 0.245 e. The van der Waals surface area contributed by atoms with Gasteiger partial charge in [0.2, 0.25) is 11.8 Å². The van der Waals surface area contributed by atoms with Gasteiger partial charge in [-0.1, -0.05) is 58.7 Å². The van der Waals surface area contributed by atoms with Gasteiger partial charge in [-0.25, -0.2) is 0 Å². The predicted octanol–water partition coefficient (Wildman–Crippen LogP) is 4.16. The first kappa shape index (κ1) is 28.2. The van der Waals surface area contributed by atoms with Gasteiger partial charge in [-0.3, -0.25) is 9.59 Å². The lowest BCUT2D eigenvalue weighted by atomic mass is 9.82. The summed E-state index contributed by atoms with van der Waals surface area (Å²) < 4.78 is 0. The third kappa shape index (κ3) is 5.47. The average Bonchev–Trinajstić information content (AvgIpc) is 3.63. The van der Waals surface area contributed by atoms with E-state index >= 15 is 0 Å². The van der Waals surface area contributed by atoms with Crippen LogP contribution in [0.25, 0.3) is 10.9 Å². The van der Waals surface area contributed by atoms with Crippen LogP contribution in [-0.4, -0.2) is 66.0 Å². The van der Waals surface area contributed by atoms with Gasteiger partial charge in [-0.2, -0.15) is 0 Å². The van der Waals surface area contributed by atoms with Crippen LogP contribution >= 0.6 is 0 Å². The topological polar surface area (TPSA) is 89.3 Å². The third-order valence-corrected chi connectivity index (χ3v) is 8.28. The van der Waals surface area contributed by atoms with E-state index in [1.165, 1.54) is 17.4 Å². The molecule has 0 spiro atoms. The number of carbonyl (C=O) groups excluding carboxylic acids is 2. The second kappa shape index (κ2) is 12.7. The molecule has 3 unspecified atom stereocenters. The van der Waals surface area contributed by atoms with Gasteiger partial charge in [0.05, 0.1) is 12.1 Å². The molecule has 7 nitrogen and oxygen atoms in total. The standard InChI is InChI=1S/C26H37N5O2.C2H6.CH4/c1-16(27-2)25(32)30-23(17-8-4-3-5-9-17)26(33)31-13-12-22-24(31)20(15-29-22)19-14-28-21-11-7-6-10-18(19)21;1-2;/h6-7,10-11,14,16-17,20,22-24,27-29H,3-5,8-9,12-13,15H2,1-2H3,(H,30,32);1-2H3;1H4/t16-,20+,22?,23?,24?;;/m0../s1. The van der Waals surface area contributed by atoms with Gasteiger partial charge in [0, 0.05) is 42.1 Å². The lowest BCUT2D eigenvalue weighted by molar-refractivity contribution is -0.139. The summed E-state index contributed by atoms with van der Waals surface area (Å²) in [6.07, 6.45) is 8.60. The molecule has 2 aromatic rings. The first-order valence-electron chi connectivity index (χ1n) is 13.7. The first-order chi connectivity index (χ1) is 17.1. The molecule has 3 aliphatic rings. The number of amides is 2. The van der Waals surface area contributed by atoms with E-state index in [4.69, 9.17) is 0 Å². The molecule has 0 radical (unpaired) electrons. The molecule has 2 amide bonds. The zero-order valence-corrected chi connectivity index (χ0v) is 21.8. The van der Waals surface area contributed by atoms with Crippen LogP contribution in [0.1, 0.15) is 78.2 Å². The molecule has 4 N–H and O–H groups in total. The van der Waals surface area contributed by atoms with Crippen LogP contribution in [0.5, 0.6) is 0 Å². The number of aromatic amines is 1. The second-order valence-electron chi connectivity index (χ2n) is 10.1. The Morgan fingerprint density at radius 3 is 2.53 bits per heavy atom. The van der Waals surface area contributed by atoms with Crippen LogP contribution in [0.3, 0.4) is 0 Å². The Bertz CT molecular complexity index is 998. The van der Waals surface area contributed by atoms with E-state index in [1.54, 1.807) is 7.05 Å². The monoisotopic (exact) mass is 497 g/mol. The highest BCUT2D eigenvalue weighted by Crippen LogP contribution is 2.39. The number of benzene rings is 1. The number of hydrogen-bond acceptors (Lipinski definition) is 4. The number of likely N-dealkylation sites (N-methyl/N-ethyl adjacent to an activating group) is 1.